The Morgan fingerprint density at radius 2 is 2.00 bits per heavy atom. The van der Waals surface area contributed by atoms with Gasteiger partial charge in [0.1, 0.15) is 0 Å². The van der Waals surface area contributed by atoms with Crippen LogP contribution in [0, 0.1) is 11.8 Å². The Morgan fingerprint density at radius 3 is 2.75 bits per heavy atom. The number of rotatable bonds is 5. The number of aliphatic hydroxyl groups is 1. The second-order valence-corrected chi connectivity index (χ2v) is 5.56. The second kappa shape index (κ2) is 5.99. The smallest absolute Gasteiger partial charge is 0.0431 e. The van der Waals surface area contributed by atoms with Crippen molar-refractivity contribution in [2.45, 2.75) is 44.6 Å². The molecule has 0 aromatic carbocycles. The van der Waals surface area contributed by atoms with Crippen molar-refractivity contribution in [1.29, 1.82) is 0 Å². The SMILES string of the molecule is NC1CCCC2CN(CCCCCO)CC12. The average molecular weight is 226 g/mol. The van der Waals surface area contributed by atoms with Crippen LogP contribution in [-0.2, 0) is 0 Å². The molecule has 1 aliphatic carbocycles. The number of aliphatic hydroxyl groups excluding tert-OH is 1. The summed E-state index contributed by atoms with van der Waals surface area (Å²) in [4.78, 5) is 2.60. The molecule has 1 heterocycles. The van der Waals surface area contributed by atoms with Gasteiger partial charge in [-0.2, -0.15) is 0 Å². The molecule has 0 aromatic heterocycles. The quantitative estimate of drug-likeness (QED) is 0.693. The van der Waals surface area contributed by atoms with E-state index in [1.807, 2.05) is 0 Å². The van der Waals surface area contributed by atoms with E-state index in [0.29, 0.717) is 12.6 Å². The van der Waals surface area contributed by atoms with Gasteiger partial charge < -0.3 is 15.7 Å². The standard InChI is InChI=1S/C13H26N2O/c14-13-6-4-5-11-9-15(10-12(11)13)7-2-1-3-8-16/h11-13,16H,1-10,14H2. The lowest BCUT2D eigenvalue weighted by Gasteiger charge is -2.29. The van der Waals surface area contributed by atoms with Crippen molar-refractivity contribution in [3.8, 4) is 0 Å². The Bertz CT molecular complexity index is 210. The number of hydrogen-bond acceptors (Lipinski definition) is 3. The van der Waals surface area contributed by atoms with Gasteiger partial charge in [0.05, 0.1) is 0 Å². The number of nitrogens with zero attached hydrogens (tertiary/aromatic N) is 1. The topological polar surface area (TPSA) is 49.5 Å². The Balaban J connectivity index is 1.70. The van der Waals surface area contributed by atoms with Crippen LogP contribution in [0.1, 0.15) is 38.5 Å². The zero-order chi connectivity index (χ0) is 11.4. The number of nitrogens with two attached hydrogens (primary N) is 1. The van der Waals surface area contributed by atoms with Crippen molar-refractivity contribution in [2.24, 2.45) is 17.6 Å². The molecule has 2 rings (SSSR count). The summed E-state index contributed by atoms with van der Waals surface area (Å²) < 4.78 is 0. The van der Waals surface area contributed by atoms with Gasteiger partial charge in [0.2, 0.25) is 0 Å². The van der Waals surface area contributed by atoms with Crippen LogP contribution in [0.15, 0.2) is 0 Å². The molecule has 94 valence electrons. The minimum atomic E-state index is 0.343. The summed E-state index contributed by atoms with van der Waals surface area (Å²) in [7, 11) is 0. The monoisotopic (exact) mass is 226 g/mol. The molecule has 3 atom stereocenters. The first-order valence-corrected chi connectivity index (χ1v) is 6.90. The maximum Gasteiger partial charge on any atom is 0.0431 e. The third-order valence-electron chi connectivity index (χ3n) is 4.36. The van der Waals surface area contributed by atoms with Gasteiger partial charge in [-0.3, -0.25) is 0 Å². The molecule has 0 spiro atoms. The summed E-state index contributed by atoms with van der Waals surface area (Å²) in [5, 5.41) is 8.73. The van der Waals surface area contributed by atoms with Gasteiger partial charge in [0, 0.05) is 25.7 Å². The van der Waals surface area contributed by atoms with Crippen LogP contribution >= 0.6 is 0 Å². The van der Waals surface area contributed by atoms with Gasteiger partial charge in [0.25, 0.3) is 0 Å². The van der Waals surface area contributed by atoms with Gasteiger partial charge >= 0.3 is 0 Å². The van der Waals surface area contributed by atoms with Gasteiger partial charge in [-0.15, -0.1) is 0 Å². The summed E-state index contributed by atoms with van der Waals surface area (Å²) in [5.41, 5.74) is 6.20. The summed E-state index contributed by atoms with van der Waals surface area (Å²) in [5.74, 6) is 1.65. The third-order valence-corrected chi connectivity index (χ3v) is 4.36. The number of hydrogen-bond donors (Lipinski definition) is 2. The molecule has 1 saturated heterocycles. The number of unbranched alkanes of at least 4 members (excludes halogenated alkanes) is 2. The van der Waals surface area contributed by atoms with Crippen molar-refractivity contribution in [3.05, 3.63) is 0 Å². The van der Waals surface area contributed by atoms with E-state index in [1.165, 1.54) is 45.3 Å². The number of likely N-dealkylation sites (tertiary alicyclic amines) is 1. The Labute approximate surface area is 99.0 Å². The fraction of sp³-hybridized carbons (Fsp3) is 1.00. The molecule has 3 unspecified atom stereocenters. The molecule has 2 fully saturated rings. The predicted molar refractivity (Wildman–Crippen MR) is 66.2 cm³/mol. The van der Waals surface area contributed by atoms with Crippen molar-refractivity contribution >= 4 is 0 Å². The first kappa shape index (κ1) is 12.3. The lowest BCUT2D eigenvalue weighted by molar-refractivity contribution is 0.258. The molecule has 1 aliphatic heterocycles. The molecule has 0 amide bonds. The Hall–Kier alpha value is -0.120. The Morgan fingerprint density at radius 1 is 1.12 bits per heavy atom. The van der Waals surface area contributed by atoms with E-state index in [9.17, 15) is 0 Å². The largest absolute Gasteiger partial charge is 0.396 e. The molecule has 0 bridgehead atoms. The summed E-state index contributed by atoms with van der Waals surface area (Å²) in [6.45, 7) is 4.05. The first-order valence-electron chi connectivity index (χ1n) is 6.90. The number of fused-ring (bicyclic) bond motifs is 1. The third kappa shape index (κ3) is 2.96. The van der Waals surface area contributed by atoms with E-state index < -0.39 is 0 Å². The van der Waals surface area contributed by atoms with Crippen molar-refractivity contribution < 1.29 is 5.11 Å². The zero-order valence-electron chi connectivity index (χ0n) is 10.3. The normalized spacial score (nSPS) is 35.2. The highest BCUT2D eigenvalue weighted by Crippen LogP contribution is 2.35. The maximum absolute atomic E-state index is 8.73. The minimum absolute atomic E-state index is 0.343. The van der Waals surface area contributed by atoms with Gasteiger partial charge in [-0.05, 0) is 50.5 Å². The van der Waals surface area contributed by atoms with Crippen LogP contribution in [0.4, 0.5) is 0 Å². The zero-order valence-corrected chi connectivity index (χ0v) is 10.3. The molecule has 1 saturated carbocycles. The van der Waals surface area contributed by atoms with E-state index in [-0.39, 0.29) is 0 Å². The molecule has 16 heavy (non-hydrogen) atoms. The summed E-state index contributed by atoms with van der Waals surface area (Å²) >= 11 is 0. The van der Waals surface area contributed by atoms with Gasteiger partial charge in [0.15, 0.2) is 0 Å². The van der Waals surface area contributed by atoms with Gasteiger partial charge in [-0.1, -0.05) is 6.42 Å². The van der Waals surface area contributed by atoms with Crippen LogP contribution < -0.4 is 5.73 Å². The molecular weight excluding hydrogens is 200 g/mol. The fourth-order valence-corrected chi connectivity index (χ4v) is 3.42. The minimum Gasteiger partial charge on any atom is -0.396 e. The Kier molecular flexibility index (Phi) is 4.62. The van der Waals surface area contributed by atoms with Gasteiger partial charge in [-0.25, -0.2) is 0 Å². The maximum atomic E-state index is 8.73. The van der Waals surface area contributed by atoms with E-state index in [0.717, 1.165) is 24.7 Å². The molecule has 0 aromatic rings. The highest BCUT2D eigenvalue weighted by atomic mass is 16.2. The van der Waals surface area contributed by atoms with E-state index in [2.05, 4.69) is 4.90 Å². The van der Waals surface area contributed by atoms with E-state index in [4.69, 9.17) is 10.8 Å². The van der Waals surface area contributed by atoms with E-state index >= 15 is 0 Å². The fourth-order valence-electron chi connectivity index (χ4n) is 3.42. The lowest BCUT2D eigenvalue weighted by Crippen LogP contribution is -2.38. The summed E-state index contributed by atoms with van der Waals surface area (Å²) in [6.07, 6.45) is 7.32. The highest BCUT2D eigenvalue weighted by molar-refractivity contribution is 4.92. The molecule has 3 N–H and O–H groups in total. The molecule has 3 nitrogen and oxygen atoms in total. The highest BCUT2D eigenvalue weighted by Gasteiger charge is 2.38. The van der Waals surface area contributed by atoms with Crippen LogP contribution in [0.5, 0.6) is 0 Å². The molecular formula is C13H26N2O. The van der Waals surface area contributed by atoms with Crippen molar-refractivity contribution in [2.75, 3.05) is 26.2 Å². The second-order valence-electron chi connectivity index (χ2n) is 5.56. The molecule has 2 aliphatic rings. The lowest BCUT2D eigenvalue weighted by atomic mass is 9.78. The van der Waals surface area contributed by atoms with Crippen LogP contribution in [0.25, 0.3) is 0 Å². The average Bonchev–Trinajstić information content (AvgIpc) is 2.69. The van der Waals surface area contributed by atoms with Crippen LogP contribution in [-0.4, -0.2) is 42.3 Å². The van der Waals surface area contributed by atoms with Crippen molar-refractivity contribution in [1.82, 2.24) is 4.90 Å². The summed E-state index contributed by atoms with van der Waals surface area (Å²) in [6, 6.07) is 0.459. The van der Waals surface area contributed by atoms with Crippen LogP contribution in [0.3, 0.4) is 0 Å². The van der Waals surface area contributed by atoms with Crippen LogP contribution in [0.2, 0.25) is 0 Å². The van der Waals surface area contributed by atoms with E-state index in [1.54, 1.807) is 0 Å². The molecule has 3 heteroatoms. The van der Waals surface area contributed by atoms with Crippen molar-refractivity contribution in [3.63, 3.8) is 0 Å². The molecule has 0 radical (unpaired) electrons. The predicted octanol–water partition coefficient (Wildman–Crippen LogP) is 1.21. The first-order chi connectivity index (χ1) is 7.81.